The minimum absolute atomic E-state index is 0.156. The van der Waals surface area contributed by atoms with Gasteiger partial charge in [-0.2, -0.15) is 0 Å². The van der Waals surface area contributed by atoms with Gasteiger partial charge in [-0.3, -0.25) is 9.69 Å². The van der Waals surface area contributed by atoms with Crippen LogP contribution in [0.5, 0.6) is 5.75 Å². The molecule has 160 valence electrons. The second-order valence-corrected chi connectivity index (χ2v) is 8.35. The Kier molecular flexibility index (Phi) is 5.16. The first-order valence-corrected chi connectivity index (χ1v) is 11.0. The smallest absolute Gasteiger partial charge is 0.236 e. The van der Waals surface area contributed by atoms with Gasteiger partial charge in [-0.05, 0) is 44.0 Å². The third kappa shape index (κ3) is 3.46. The summed E-state index contributed by atoms with van der Waals surface area (Å²) in [6, 6.07) is 10.6. The summed E-state index contributed by atoms with van der Waals surface area (Å²) in [6.07, 6.45) is 3.92. The quantitative estimate of drug-likeness (QED) is 0.839. The number of piperidine rings is 1. The van der Waals surface area contributed by atoms with Crippen molar-refractivity contribution in [2.75, 3.05) is 57.9 Å². The Hall–Kier alpha value is -2.51. The SMILES string of the molecule is CCOc1ccc2c(c1)NC1(CCN(C(=O)CN3CCOCC3)CC1)c1cccn1-2. The molecule has 3 aliphatic heterocycles. The summed E-state index contributed by atoms with van der Waals surface area (Å²) in [5.41, 5.74) is 3.36. The van der Waals surface area contributed by atoms with E-state index in [1.807, 2.05) is 17.9 Å². The molecule has 0 bridgehead atoms. The molecular formula is C23H30N4O3. The van der Waals surface area contributed by atoms with Crippen LogP contribution >= 0.6 is 0 Å². The highest BCUT2D eigenvalue weighted by atomic mass is 16.5. The van der Waals surface area contributed by atoms with Crippen LogP contribution < -0.4 is 10.1 Å². The van der Waals surface area contributed by atoms with E-state index in [0.717, 1.165) is 69.4 Å². The summed E-state index contributed by atoms with van der Waals surface area (Å²) in [4.78, 5) is 17.1. The fourth-order valence-electron chi connectivity index (χ4n) is 4.95. The molecule has 7 heteroatoms. The monoisotopic (exact) mass is 410 g/mol. The lowest BCUT2D eigenvalue weighted by molar-refractivity contribution is -0.135. The third-order valence-electron chi connectivity index (χ3n) is 6.58. The Labute approximate surface area is 177 Å². The Bertz CT molecular complexity index is 911. The molecule has 0 radical (unpaired) electrons. The van der Waals surface area contributed by atoms with Crippen LogP contribution in [0.15, 0.2) is 36.5 Å². The number of morpholine rings is 1. The standard InChI is InChI=1S/C23H30N4O3/c1-2-30-18-5-6-20-19(16-18)24-23(21-4-3-9-27(20)21)7-10-26(11-8-23)22(28)17-25-12-14-29-15-13-25/h3-6,9,16,24H,2,7-8,10-15,17H2,1H3. The second-order valence-electron chi connectivity index (χ2n) is 8.35. The number of carbonyl (C=O) groups is 1. The molecule has 0 unspecified atom stereocenters. The van der Waals surface area contributed by atoms with Gasteiger partial charge in [-0.1, -0.05) is 0 Å². The molecule has 2 fully saturated rings. The third-order valence-corrected chi connectivity index (χ3v) is 6.58. The first kappa shape index (κ1) is 19.5. The predicted octanol–water partition coefficient (Wildman–Crippen LogP) is 2.45. The molecule has 1 amide bonds. The number of rotatable bonds is 4. The van der Waals surface area contributed by atoms with Gasteiger partial charge in [0.15, 0.2) is 0 Å². The number of hydrogen-bond donors (Lipinski definition) is 1. The average Bonchev–Trinajstić information content (AvgIpc) is 3.26. The second kappa shape index (κ2) is 7.96. The van der Waals surface area contributed by atoms with Crippen molar-refractivity contribution in [2.24, 2.45) is 0 Å². The summed E-state index contributed by atoms with van der Waals surface area (Å²) >= 11 is 0. The number of carbonyl (C=O) groups excluding carboxylic acids is 1. The van der Waals surface area contributed by atoms with Crippen molar-refractivity contribution < 1.29 is 14.3 Å². The largest absolute Gasteiger partial charge is 0.494 e. The number of fused-ring (bicyclic) bond motifs is 4. The number of benzene rings is 1. The van der Waals surface area contributed by atoms with E-state index in [-0.39, 0.29) is 11.4 Å². The Morgan fingerprint density at radius 3 is 2.73 bits per heavy atom. The molecule has 5 rings (SSSR count). The van der Waals surface area contributed by atoms with Gasteiger partial charge in [-0.25, -0.2) is 0 Å². The van der Waals surface area contributed by atoms with Crippen LogP contribution in [-0.4, -0.2) is 72.8 Å². The average molecular weight is 411 g/mol. The van der Waals surface area contributed by atoms with Gasteiger partial charge in [0, 0.05) is 44.1 Å². The zero-order valence-corrected chi connectivity index (χ0v) is 17.6. The van der Waals surface area contributed by atoms with Crippen LogP contribution in [0.1, 0.15) is 25.5 Å². The van der Waals surface area contributed by atoms with Crippen molar-refractivity contribution in [3.05, 3.63) is 42.2 Å². The number of aromatic nitrogens is 1. The van der Waals surface area contributed by atoms with E-state index in [1.54, 1.807) is 0 Å². The van der Waals surface area contributed by atoms with Gasteiger partial charge >= 0.3 is 0 Å². The van der Waals surface area contributed by atoms with Crippen LogP contribution in [0.25, 0.3) is 5.69 Å². The Morgan fingerprint density at radius 2 is 1.97 bits per heavy atom. The van der Waals surface area contributed by atoms with Crippen molar-refractivity contribution in [1.29, 1.82) is 0 Å². The maximum absolute atomic E-state index is 12.8. The zero-order chi connectivity index (χ0) is 20.6. The van der Waals surface area contributed by atoms with Crippen molar-refractivity contribution in [3.63, 3.8) is 0 Å². The molecule has 7 nitrogen and oxygen atoms in total. The summed E-state index contributed by atoms with van der Waals surface area (Å²) in [5.74, 6) is 1.12. The molecule has 1 aromatic heterocycles. The Morgan fingerprint density at radius 1 is 1.17 bits per heavy atom. The molecule has 0 atom stereocenters. The molecule has 2 aromatic rings. The van der Waals surface area contributed by atoms with E-state index in [2.05, 4.69) is 45.2 Å². The van der Waals surface area contributed by atoms with Crippen molar-refractivity contribution in [1.82, 2.24) is 14.4 Å². The summed E-state index contributed by atoms with van der Waals surface area (Å²) < 4.78 is 13.4. The zero-order valence-electron chi connectivity index (χ0n) is 17.6. The van der Waals surface area contributed by atoms with Gasteiger partial charge in [0.2, 0.25) is 5.91 Å². The summed E-state index contributed by atoms with van der Waals surface area (Å²) in [5, 5.41) is 3.83. The van der Waals surface area contributed by atoms with Gasteiger partial charge in [0.05, 0.1) is 43.3 Å². The normalized spacial score (nSPS) is 20.4. The van der Waals surface area contributed by atoms with Gasteiger partial charge in [0.1, 0.15) is 5.75 Å². The molecule has 2 saturated heterocycles. The van der Waals surface area contributed by atoms with Gasteiger partial charge in [0.25, 0.3) is 0 Å². The van der Waals surface area contributed by atoms with Crippen molar-refractivity contribution in [2.45, 2.75) is 25.3 Å². The van der Waals surface area contributed by atoms with Crippen LogP contribution in [0.4, 0.5) is 5.69 Å². The fourth-order valence-corrected chi connectivity index (χ4v) is 4.95. The molecule has 3 aliphatic rings. The van der Waals surface area contributed by atoms with E-state index in [9.17, 15) is 4.79 Å². The number of anilines is 1. The molecule has 0 saturated carbocycles. The number of ether oxygens (including phenoxy) is 2. The molecule has 0 aliphatic carbocycles. The molecule has 1 spiro atoms. The van der Waals surface area contributed by atoms with Crippen LogP contribution in [0.2, 0.25) is 0 Å². The van der Waals surface area contributed by atoms with Gasteiger partial charge < -0.3 is 24.3 Å². The minimum Gasteiger partial charge on any atom is -0.494 e. The molecule has 1 aromatic carbocycles. The van der Waals surface area contributed by atoms with E-state index in [1.165, 1.54) is 5.69 Å². The lowest BCUT2D eigenvalue weighted by Gasteiger charge is -2.46. The maximum Gasteiger partial charge on any atom is 0.236 e. The highest BCUT2D eigenvalue weighted by Gasteiger charge is 2.42. The lowest BCUT2D eigenvalue weighted by Crippen LogP contribution is -2.53. The molecule has 4 heterocycles. The highest BCUT2D eigenvalue weighted by Crippen LogP contribution is 2.44. The van der Waals surface area contributed by atoms with Gasteiger partial charge in [-0.15, -0.1) is 0 Å². The highest BCUT2D eigenvalue weighted by molar-refractivity contribution is 5.78. The lowest BCUT2D eigenvalue weighted by atomic mass is 9.82. The van der Waals surface area contributed by atoms with Crippen LogP contribution in [0, 0.1) is 0 Å². The maximum atomic E-state index is 12.8. The molecule has 1 N–H and O–H groups in total. The first-order chi connectivity index (χ1) is 14.7. The van der Waals surface area contributed by atoms with Crippen LogP contribution in [-0.2, 0) is 15.1 Å². The topological polar surface area (TPSA) is 59.0 Å². The number of nitrogens with zero attached hydrogens (tertiary/aromatic N) is 3. The van der Waals surface area contributed by atoms with E-state index in [4.69, 9.17) is 9.47 Å². The summed E-state index contributed by atoms with van der Waals surface area (Å²) in [7, 11) is 0. The Balaban J connectivity index is 1.32. The number of nitrogens with one attached hydrogen (secondary N) is 1. The van der Waals surface area contributed by atoms with E-state index >= 15 is 0 Å². The van der Waals surface area contributed by atoms with Crippen molar-refractivity contribution >= 4 is 11.6 Å². The predicted molar refractivity (Wildman–Crippen MR) is 115 cm³/mol. The number of hydrogen-bond acceptors (Lipinski definition) is 5. The van der Waals surface area contributed by atoms with E-state index < -0.39 is 0 Å². The van der Waals surface area contributed by atoms with Crippen molar-refractivity contribution in [3.8, 4) is 11.4 Å². The number of likely N-dealkylation sites (tertiary alicyclic amines) is 1. The number of amides is 1. The summed E-state index contributed by atoms with van der Waals surface area (Å²) in [6.45, 7) is 7.82. The first-order valence-electron chi connectivity index (χ1n) is 11.0. The minimum atomic E-state index is -0.156. The molecule has 30 heavy (non-hydrogen) atoms. The van der Waals surface area contributed by atoms with E-state index in [0.29, 0.717) is 13.2 Å². The molecular weight excluding hydrogens is 380 g/mol. The van der Waals surface area contributed by atoms with Crippen LogP contribution in [0.3, 0.4) is 0 Å². The fraction of sp³-hybridized carbons (Fsp3) is 0.522.